The lowest BCUT2D eigenvalue weighted by molar-refractivity contribution is 0.159. The molecule has 3 aliphatic rings. The second kappa shape index (κ2) is 4.54. The van der Waals surface area contributed by atoms with E-state index in [1.54, 1.807) is 11.3 Å². The van der Waals surface area contributed by atoms with Gasteiger partial charge in [-0.2, -0.15) is 0 Å². The third-order valence-corrected chi connectivity index (χ3v) is 6.75. The highest BCUT2D eigenvalue weighted by molar-refractivity contribution is 7.11. The van der Waals surface area contributed by atoms with Crippen LogP contribution in [-0.2, 0) is 6.42 Å². The van der Waals surface area contributed by atoms with Crippen LogP contribution >= 0.6 is 11.3 Å². The Labute approximate surface area is 118 Å². The summed E-state index contributed by atoms with van der Waals surface area (Å²) < 4.78 is 0. The average Bonchev–Trinajstić information content (AvgIpc) is 2.89. The molecule has 2 fully saturated rings. The first-order valence-electron chi connectivity index (χ1n) is 7.62. The summed E-state index contributed by atoms with van der Waals surface area (Å²) in [4.78, 5) is 8.64. The molecule has 3 unspecified atom stereocenters. The fourth-order valence-electron chi connectivity index (χ4n) is 4.20. The van der Waals surface area contributed by atoms with Crippen molar-refractivity contribution in [2.45, 2.75) is 69.1 Å². The van der Waals surface area contributed by atoms with E-state index in [4.69, 9.17) is 4.98 Å². The lowest BCUT2D eigenvalue weighted by Crippen LogP contribution is -2.39. The molecule has 2 bridgehead atoms. The number of thiazole rings is 1. The van der Waals surface area contributed by atoms with Gasteiger partial charge < -0.3 is 10.0 Å². The second-order valence-corrected chi connectivity index (χ2v) is 7.55. The van der Waals surface area contributed by atoms with E-state index in [1.165, 1.54) is 41.3 Å². The van der Waals surface area contributed by atoms with E-state index in [0.717, 1.165) is 31.3 Å². The van der Waals surface area contributed by atoms with Crippen molar-refractivity contribution in [3.05, 3.63) is 15.6 Å². The Morgan fingerprint density at radius 3 is 2.63 bits per heavy atom. The van der Waals surface area contributed by atoms with Crippen LogP contribution in [0, 0.1) is 0 Å². The summed E-state index contributed by atoms with van der Waals surface area (Å²) >= 11 is 1.80. The zero-order chi connectivity index (χ0) is 13.0. The van der Waals surface area contributed by atoms with Gasteiger partial charge in [0.1, 0.15) is 0 Å². The minimum absolute atomic E-state index is 0.238. The van der Waals surface area contributed by atoms with Crippen molar-refractivity contribution in [3.63, 3.8) is 0 Å². The van der Waals surface area contributed by atoms with E-state index in [1.807, 2.05) is 0 Å². The normalized spacial score (nSPS) is 38.4. The molecule has 0 radical (unpaired) electrons. The molecular formula is C15H22N2OS. The molecule has 0 saturated carbocycles. The van der Waals surface area contributed by atoms with Crippen LogP contribution in [0.2, 0.25) is 0 Å². The molecule has 1 aliphatic carbocycles. The van der Waals surface area contributed by atoms with Gasteiger partial charge in [-0.1, -0.05) is 0 Å². The van der Waals surface area contributed by atoms with Crippen molar-refractivity contribution in [2.75, 3.05) is 7.05 Å². The van der Waals surface area contributed by atoms with Gasteiger partial charge in [0, 0.05) is 18.0 Å². The molecule has 3 atom stereocenters. The molecule has 4 heteroatoms. The van der Waals surface area contributed by atoms with Crippen LogP contribution in [0.3, 0.4) is 0 Å². The number of nitrogens with zero attached hydrogens (tertiary/aromatic N) is 2. The van der Waals surface area contributed by atoms with Gasteiger partial charge in [-0.25, -0.2) is 4.98 Å². The van der Waals surface area contributed by atoms with Crippen molar-refractivity contribution in [1.29, 1.82) is 0 Å². The molecule has 19 heavy (non-hydrogen) atoms. The predicted octanol–water partition coefficient (Wildman–Crippen LogP) is 2.85. The molecule has 0 amide bonds. The molecule has 4 rings (SSSR count). The monoisotopic (exact) mass is 278 g/mol. The molecule has 1 aromatic rings. The Kier molecular flexibility index (Phi) is 2.94. The van der Waals surface area contributed by atoms with Gasteiger partial charge in [-0.05, 0) is 52.0 Å². The number of rotatable bonds is 1. The van der Waals surface area contributed by atoms with Gasteiger partial charge >= 0.3 is 0 Å². The molecule has 2 aliphatic heterocycles. The molecule has 2 saturated heterocycles. The maximum atomic E-state index is 10.1. The summed E-state index contributed by atoms with van der Waals surface area (Å²) in [7, 11) is 2.29. The number of fused-ring (bicyclic) bond motifs is 3. The van der Waals surface area contributed by atoms with Gasteiger partial charge in [-0.15, -0.1) is 11.3 Å². The van der Waals surface area contributed by atoms with E-state index in [0.29, 0.717) is 5.92 Å². The zero-order valence-electron chi connectivity index (χ0n) is 11.5. The molecule has 3 heterocycles. The quantitative estimate of drug-likeness (QED) is 0.858. The standard InChI is InChI=1S/C15H22N2OS/c1-17-10-5-6-11(17)8-9(7-10)15-16-12-3-2-4-13(18)14(12)19-15/h9-11,13,18H,2-8H2,1H3. The molecule has 1 N–H and O–H groups in total. The third kappa shape index (κ3) is 1.96. The minimum Gasteiger partial charge on any atom is -0.388 e. The van der Waals surface area contributed by atoms with Crippen molar-refractivity contribution >= 4 is 11.3 Å². The Bertz CT molecular complexity index is 472. The first-order chi connectivity index (χ1) is 9.22. The van der Waals surface area contributed by atoms with Crippen LogP contribution in [0.4, 0.5) is 0 Å². The Hall–Kier alpha value is -0.450. The van der Waals surface area contributed by atoms with Crippen molar-refractivity contribution in [2.24, 2.45) is 0 Å². The summed E-state index contributed by atoms with van der Waals surface area (Å²) in [5, 5.41) is 11.4. The maximum Gasteiger partial charge on any atom is 0.0964 e. The molecular weight excluding hydrogens is 256 g/mol. The predicted molar refractivity (Wildman–Crippen MR) is 76.6 cm³/mol. The maximum absolute atomic E-state index is 10.1. The summed E-state index contributed by atoms with van der Waals surface area (Å²) in [6.45, 7) is 0. The topological polar surface area (TPSA) is 36.4 Å². The fourth-order valence-corrected chi connectivity index (χ4v) is 5.46. The molecule has 3 nitrogen and oxygen atoms in total. The highest BCUT2D eigenvalue weighted by Gasteiger charge is 2.40. The van der Waals surface area contributed by atoms with Crippen LogP contribution in [0.15, 0.2) is 0 Å². The summed E-state index contributed by atoms with van der Waals surface area (Å²) in [5.74, 6) is 0.650. The van der Waals surface area contributed by atoms with Gasteiger partial charge in [0.05, 0.1) is 21.7 Å². The van der Waals surface area contributed by atoms with Crippen LogP contribution in [-0.4, -0.2) is 34.1 Å². The second-order valence-electron chi connectivity index (χ2n) is 6.49. The SMILES string of the molecule is CN1C2CCC1CC(c1nc3c(s1)C(O)CCC3)C2. The lowest BCUT2D eigenvalue weighted by Gasteiger charge is -2.35. The highest BCUT2D eigenvalue weighted by Crippen LogP contribution is 2.45. The van der Waals surface area contributed by atoms with Crippen molar-refractivity contribution in [1.82, 2.24) is 9.88 Å². The number of aliphatic hydroxyl groups is 1. The number of aryl methyl sites for hydroxylation is 1. The van der Waals surface area contributed by atoms with Crippen molar-refractivity contribution in [3.8, 4) is 0 Å². The van der Waals surface area contributed by atoms with Crippen LogP contribution in [0.25, 0.3) is 0 Å². The van der Waals surface area contributed by atoms with E-state index in [9.17, 15) is 5.11 Å². The summed E-state index contributed by atoms with van der Waals surface area (Å²) in [6.07, 6.45) is 8.13. The van der Waals surface area contributed by atoms with Gasteiger partial charge in [0.15, 0.2) is 0 Å². The van der Waals surface area contributed by atoms with Crippen LogP contribution < -0.4 is 0 Å². The Balaban J connectivity index is 1.60. The van der Waals surface area contributed by atoms with Crippen LogP contribution in [0.1, 0.15) is 66.1 Å². The Morgan fingerprint density at radius 2 is 1.95 bits per heavy atom. The van der Waals surface area contributed by atoms with E-state index < -0.39 is 0 Å². The zero-order valence-corrected chi connectivity index (χ0v) is 12.3. The largest absolute Gasteiger partial charge is 0.388 e. The number of hydrogen-bond donors (Lipinski definition) is 1. The number of piperidine rings is 1. The van der Waals surface area contributed by atoms with E-state index >= 15 is 0 Å². The fraction of sp³-hybridized carbons (Fsp3) is 0.800. The van der Waals surface area contributed by atoms with Crippen molar-refractivity contribution < 1.29 is 5.11 Å². The number of aliphatic hydroxyl groups excluding tert-OH is 1. The lowest BCUT2D eigenvalue weighted by atomic mass is 9.91. The smallest absolute Gasteiger partial charge is 0.0964 e. The molecule has 0 aromatic carbocycles. The molecule has 1 aromatic heterocycles. The Morgan fingerprint density at radius 1 is 1.21 bits per heavy atom. The summed E-state index contributed by atoms with van der Waals surface area (Å²) in [6, 6.07) is 1.55. The van der Waals surface area contributed by atoms with Gasteiger partial charge in [-0.3, -0.25) is 0 Å². The first-order valence-corrected chi connectivity index (χ1v) is 8.43. The van der Waals surface area contributed by atoms with E-state index in [-0.39, 0.29) is 6.10 Å². The van der Waals surface area contributed by atoms with Gasteiger partial charge in [0.2, 0.25) is 0 Å². The first kappa shape index (κ1) is 12.3. The number of hydrogen-bond acceptors (Lipinski definition) is 4. The minimum atomic E-state index is -0.238. The van der Waals surface area contributed by atoms with E-state index in [2.05, 4.69) is 11.9 Å². The van der Waals surface area contributed by atoms with Gasteiger partial charge in [0.25, 0.3) is 0 Å². The average molecular weight is 278 g/mol. The molecule has 104 valence electrons. The third-order valence-electron chi connectivity index (χ3n) is 5.39. The summed E-state index contributed by atoms with van der Waals surface area (Å²) in [5.41, 5.74) is 1.20. The highest BCUT2D eigenvalue weighted by atomic mass is 32.1. The van der Waals surface area contributed by atoms with Crippen LogP contribution in [0.5, 0.6) is 0 Å². The molecule has 0 spiro atoms. The number of aromatic nitrogens is 1.